The normalized spacial score (nSPS) is 24.2. The number of carbonyl (C=O) groups excluding carboxylic acids is 1. The van der Waals surface area contributed by atoms with Crippen molar-refractivity contribution in [3.8, 4) is 0 Å². The van der Waals surface area contributed by atoms with Crippen molar-refractivity contribution in [2.24, 2.45) is 0 Å². The first-order chi connectivity index (χ1) is 16.0. The summed E-state index contributed by atoms with van der Waals surface area (Å²) in [6, 6.07) is 18.3. The van der Waals surface area contributed by atoms with Gasteiger partial charge in [-0.1, -0.05) is 48.0 Å². The summed E-state index contributed by atoms with van der Waals surface area (Å²) in [5.41, 5.74) is 4.22. The second-order valence-corrected chi connectivity index (χ2v) is 10.4. The lowest BCUT2D eigenvalue weighted by Crippen LogP contribution is -2.49. The van der Waals surface area contributed by atoms with Crippen LogP contribution in [0.25, 0.3) is 0 Å². The molecular formula is C27H35ClN4O. The van der Waals surface area contributed by atoms with E-state index in [0.29, 0.717) is 12.0 Å². The molecule has 1 aliphatic carbocycles. The van der Waals surface area contributed by atoms with Crippen LogP contribution in [0.4, 0.5) is 4.79 Å². The van der Waals surface area contributed by atoms with Crippen LogP contribution in [-0.2, 0) is 0 Å². The summed E-state index contributed by atoms with van der Waals surface area (Å²) in [4.78, 5) is 21.7. The average molecular weight is 467 g/mol. The van der Waals surface area contributed by atoms with E-state index in [4.69, 9.17) is 11.6 Å². The zero-order valence-electron chi connectivity index (χ0n) is 19.8. The Morgan fingerprint density at radius 1 is 0.909 bits per heavy atom. The zero-order chi connectivity index (χ0) is 22.9. The standard InChI is InChI=1S/C27H35ClN4O/c1-20(2)32-17-16-31(27(32)33)15-12-29-10-13-30(14-11-29)26-19-24(21-6-4-3-5-7-21)25-18-22(28)8-9-23(25)26/h3-9,18,20,24,26H,10-17,19H2,1-2H3/t24-,26+/m1/s1. The zero-order valence-corrected chi connectivity index (χ0v) is 20.5. The minimum atomic E-state index is 0.205. The van der Waals surface area contributed by atoms with Gasteiger partial charge in [0.15, 0.2) is 0 Å². The molecule has 2 heterocycles. The van der Waals surface area contributed by atoms with E-state index < -0.39 is 0 Å². The molecule has 5 rings (SSSR count). The number of rotatable bonds is 6. The predicted molar refractivity (Wildman–Crippen MR) is 134 cm³/mol. The minimum Gasteiger partial charge on any atom is -0.322 e. The van der Waals surface area contributed by atoms with Gasteiger partial charge in [0.2, 0.25) is 0 Å². The van der Waals surface area contributed by atoms with E-state index >= 15 is 0 Å². The fraction of sp³-hybridized carbons (Fsp3) is 0.519. The molecule has 2 aliphatic heterocycles. The van der Waals surface area contributed by atoms with E-state index in [1.165, 1.54) is 16.7 Å². The third-order valence-corrected chi connectivity index (χ3v) is 7.96. The number of benzene rings is 2. The van der Waals surface area contributed by atoms with E-state index in [2.05, 4.69) is 66.1 Å². The smallest absolute Gasteiger partial charge is 0.320 e. The second kappa shape index (κ2) is 9.65. The summed E-state index contributed by atoms with van der Waals surface area (Å²) < 4.78 is 0. The van der Waals surface area contributed by atoms with E-state index in [1.807, 2.05) is 15.9 Å². The van der Waals surface area contributed by atoms with Crippen molar-refractivity contribution in [2.45, 2.75) is 38.3 Å². The van der Waals surface area contributed by atoms with Crippen LogP contribution >= 0.6 is 11.6 Å². The van der Waals surface area contributed by atoms with Gasteiger partial charge in [0, 0.05) is 75.4 Å². The first-order valence-corrected chi connectivity index (χ1v) is 12.8. The topological polar surface area (TPSA) is 30.0 Å². The predicted octanol–water partition coefficient (Wildman–Crippen LogP) is 4.68. The molecule has 2 saturated heterocycles. The molecule has 2 aromatic rings. The number of amides is 2. The van der Waals surface area contributed by atoms with Gasteiger partial charge in [-0.15, -0.1) is 0 Å². The lowest BCUT2D eigenvalue weighted by atomic mass is 9.93. The van der Waals surface area contributed by atoms with Crippen molar-refractivity contribution >= 4 is 17.6 Å². The summed E-state index contributed by atoms with van der Waals surface area (Å²) in [6.45, 7) is 12.0. The van der Waals surface area contributed by atoms with Crippen molar-refractivity contribution in [1.29, 1.82) is 0 Å². The number of hydrogen-bond acceptors (Lipinski definition) is 3. The van der Waals surface area contributed by atoms with Gasteiger partial charge < -0.3 is 9.80 Å². The highest BCUT2D eigenvalue weighted by molar-refractivity contribution is 6.30. The highest BCUT2D eigenvalue weighted by atomic mass is 35.5. The van der Waals surface area contributed by atoms with Crippen LogP contribution in [0.5, 0.6) is 0 Å². The monoisotopic (exact) mass is 466 g/mol. The van der Waals surface area contributed by atoms with E-state index in [0.717, 1.165) is 63.8 Å². The van der Waals surface area contributed by atoms with Gasteiger partial charge in [-0.2, -0.15) is 0 Å². The Kier molecular flexibility index (Phi) is 6.64. The molecule has 3 aliphatic rings. The molecule has 0 bridgehead atoms. The number of hydrogen-bond donors (Lipinski definition) is 0. The third-order valence-electron chi connectivity index (χ3n) is 7.73. The number of nitrogens with zero attached hydrogens (tertiary/aromatic N) is 4. The third kappa shape index (κ3) is 4.64. The fourth-order valence-corrected chi connectivity index (χ4v) is 6.00. The van der Waals surface area contributed by atoms with Gasteiger partial charge >= 0.3 is 6.03 Å². The number of piperazine rings is 1. The maximum atomic E-state index is 12.5. The average Bonchev–Trinajstić information content (AvgIpc) is 3.39. The minimum absolute atomic E-state index is 0.205. The Hall–Kier alpha value is -2.08. The van der Waals surface area contributed by atoms with E-state index in [9.17, 15) is 4.79 Å². The van der Waals surface area contributed by atoms with Gasteiger partial charge in [0.05, 0.1) is 0 Å². The lowest BCUT2D eigenvalue weighted by molar-refractivity contribution is 0.0900. The van der Waals surface area contributed by atoms with Crippen molar-refractivity contribution in [3.05, 3.63) is 70.2 Å². The first kappa shape index (κ1) is 22.7. The number of halogens is 1. The van der Waals surface area contributed by atoms with Crippen LogP contribution < -0.4 is 0 Å². The maximum absolute atomic E-state index is 12.5. The summed E-state index contributed by atoms with van der Waals surface area (Å²) in [7, 11) is 0. The Bertz CT molecular complexity index is 973. The van der Waals surface area contributed by atoms with E-state index in [1.54, 1.807) is 0 Å². The molecule has 2 aromatic carbocycles. The fourth-order valence-electron chi connectivity index (χ4n) is 5.82. The Labute approximate surface area is 202 Å². The van der Waals surface area contributed by atoms with Crippen molar-refractivity contribution in [1.82, 2.24) is 19.6 Å². The molecule has 0 aromatic heterocycles. The molecule has 33 heavy (non-hydrogen) atoms. The molecular weight excluding hydrogens is 432 g/mol. The van der Waals surface area contributed by atoms with Crippen molar-refractivity contribution < 1.29 is 4.79 Å². The second-order valence-electron chi connectivity index (χ2n) is 9.92. The molecule has 176 valence electrons. The van der Waals surface area contributed by atoms with Gasteiger partial charge in [0.1, 0.15) is 0 Å². The summed E-state index contributed by atoms with van der Waals surface area (Å²) >= 11 is 6.40. The van der Waals surface area contributed by atoms with Gasteiger partial charge in [-0.3, -0.25) is 9.80 Å². The van der Waals surface area contributed by atoms with Crippen LogP contribution in [0.2, 0.25) is 5.02 Å². The quantitative estimate of drug-likeness (QED) is 0.619. The molecule has 2 fully saturated rings. The number of fused-ring (bicyclic) bond motifs is 1. The number of urea groups is 1. The molecule has 0 spiro atoms. The highest BCUT2D eigenvalue weighted by Gasteiger charge is 2.37. The van der Waals surface area contributed by atoms with Crippen molar-refractivity contribution in [2.75, 3.05) is 52.4 Å². The van der Waals surface area contributed by atoms with E-state index in [-0.39, 0.29) is 12.1 Å². The first-order valence-electron chi connectivity index (χ1n) is 12.4. The largest absolute Gasteiger partial charge is 0.322 e. The molecule has 0 radical (unpaired) electrons. The van der Waals surface area contributed by atoms with Gasteiger partial charge in [0.25, 0.3) is 0 Å². The molecule has 2 atom stereocenters. The Morgan fingerprint density at radius 3 is 2.36 bits per heavy atom. The van der Waals surface area contributed by atoms with Crippen LogP contribution in [0.1, 0.15) is 48.9 Å². The number of carbonyl (C=O) groups is 1. The molecule has 0 unspecified atom stereocenters. The molecule has 0 saturated carbocycles. The Balaban J connectivity index is 1.20. The Morgan fingerprint density at radius 2 is 1.67 bits per heavy atom. The molecule has 6 heteroatoms. The summed E-state index contributed by atoms with van der Waals surface area (Å²) in [5.74, 6) is 0.410. The molecule has 0 N–H and O–H groups in total. The maximum Gasteiger partial charge on any atom is 0.320 e. The van der Waals surface area contributed by atoms with Crippen LogP contribution in [0.15, 0.2) is 48.5 Å². The summed E-state index contributed by atoms with van der Waals surface area (Å²) in [6.07, 6.45) is 1.12. The SMILES string of the molecule is CC(C)N1CCN(CCN2CCN([C@H]3C[C@H](c4ccccc4)c4cc(Cl)ccc43)CC2)C1=O. The van der Waals surface area contributed by atoms with Crippen LogP contribution in [-0.4, -0.2) is 84.0 Å². The highest BCUT2D eigenvalue weighted by Crippen LogP contribution is 2.47. The summed E-state index contributed by atoms with van der Waals surface area (Å²) in [5, 5.41) is 0.827. The lowest BCUT2D eigenvalue weighted by Gasteiger charge is -2.39. The van der Waals surface area contributed by atoms with Gasteiger partial charge in [-0.25, -0.2) is 4.79 Å². The van der Waals surface area contributed by atoms with Crippen LogP contribution in [0, 0.1) is 0 Å². The molecule has 5 nitrogen and oxygen atoms in total. The molecule has 2 amide bonds. The van der Waals surface area contributed by atoms with Crippen molar-refractivity contribution in [3.63, 3.8) is 0 Å². The van der Waals surface area contributed by atoms with Gasteiger partial charge in [-0.05, 0) is 49.1 Å². The van der Waals surface area contributed by atoms with Crippen LogP contribution in [0.3, 0.4) is 0 Å².